The maximum Gasteiger partial charge on any atom is 0.597 e. The summed E-state index contributed by atoms with van der Waals surface area (Å²) in [4.78, 5) is 4.41. The van der Waals surface area contributed by atoms with E-state index in [-0.39, 0.29) is 39.0 Å². The van der Waals surface area contributed by atoms with Crippen molar-refractivity contribution in [2.75, 3.05) is 0 Å². The molecule has 3 aromatic carbocycles. The average molecular weight is 724 g/mol. The molecule has 0 unspecified atom stereocenters. The van der Waals surface area contributed by atoms with Crippen molar-refractivity contribution in [3.8, 4) is 0 Å². The van der Waals surface area contributed by atoms with Crippen molar-refractivity contribution < 1.29 is 39.4 Å². The molecule has 0 saturated heterocycles. The van der Waals surface area contributed by atoms with Gasteiger partial charge in [-0.3, -0.25) is 4.32 Å². The van der Waals surface area contributed by atoms with Crippen LogP contribution in [0.2, 0.25) is 0 Å². The highest BCUT2D eigenvalue weighted by Gasteiger charge is 2.81. The number of fused-ring (bicyclic) bond motifs is 1. The van der Waals surface area contributed by atoms with Crippen molar-refractivity contribution in [3.05, 3.63) is 171 Å². The Labute approximate surface area is 288 Å². The van der Waals surface area contributed by atoms with E-state index < -0.39 is 47.4 Å². The second kappa shape index (κ2) is 11.2. The van der Waals surface area contributed by atoms with E-state index in [2.05, 4.69) is 16.6 Å². The monoisotopic (exact) mass is 723 g/mol. The van der Waals surface area contributed by atoms with Crippen LogP contribution in [0.25, 0.3) is 16.7 Å². The van der Waals surface area contributed by atoms with Gasteiger partial charge in [-0.25, -0.2) is 4.99 Å². The molecule has 0 amide bonds. The average Bonchev–Trinajstić information content (AvgIpc) is 3.85. The number of rotatable bonds is 7. The lowest BCUT2D eigenvalue weighted by Gasteiger charge is -2.35. The number of aromatic nitrogens is 2. The van der Waals surface area contributed by atoms with Crippen molar-refractivity contribution in [2.45, 2.75) is 23.1 Å². The van der Waals surface area contributed by atoms with E-state index in [4.69, 9.17) is 0 Å². The first-order chi connectivity index (χ1) is 24.2. The standard InChI is InChI=1S/C37H20BClF9N3/c39-37(46,47)36(44,45)35(42,43)34(40,41)24-20-25-30(21-10-4-1-5-11-21)26-16-17-27-31(22-12-6-2-7-13-22)28-18-19-29(51(28)38(48)50(26)27)32(33(24)49-25)23-14-8-3-9-15-23/h1-20H. The molecule has 3 nitrogen and oxygen atoms in total. The summed E-state index contributed by atoms with van der Waals surface area (Å²) in [7, 11) is -2.04. The highest BCUT2D eigenvalue weighted by Crippen LogP contribution is 2.58. The molecular weight excluding hydrogens is 704 g/mol. The third-order valence-corrected chi connectivity index (χ3v) is 9.46. The summed E-state index contributed by atoms with van der Waals surface area (Å²) >= 11 is 4.34. The predicted octanol–water partition coefficient (Wildman–Crippen LogP) is 8.29. The van der Waals surface area contributed by atoms with Gasteiger partial charge in [0.15, 0.2) is 0 Å². The molecule has 4 bridgehead atoms. The number of benzene rings is 3. The topological polar surface area (TPSA) is 22.2 Å². The highest BCUT2D eigenvalue weighted by atomic mass is 35.5. The van der Waals surface area contributed by atoms with Gasteiger partial charge < -0.3 is 8.96 Å². The summed E-state index contributed by atoms with van der Waals surface area (Å²) in [5, 5.41) is -5.58. The molecule has 2 aromatic heterocycles. The van der Waals surface area contributed by atoms with Crippen molar-refractivity contribution >= 4 is 41.3 Å². The first-order valence-corrected chi connectivity index (χ1v) is 15.8. The van der Waals surface area contributed by atoms with E-state index >= 15 is 21.9 Å². The summed E-state index contributed by atoms with van der Waals surface area (Å²) in [6.07, 6.45) is 0.473. The molecule has 0 spiro atoms. The maximum atomic E-state index is 17.4. The predicted molar refractivity (Wildman–Crippen MR) is 176 cm³/mol. The van der Waals surface area contributed by atoms with Gasteiger partial charge in [0, 0.05) is 38.8 Å². The van der Waals surface area contributed by atoms with Crippen LogP contribution in [0, 0.1) is 0 Å². The number of hydrogen-bond acceptors (Lipinski definition) is 1. The minimum absolute atomic E-state index is 0.00979. The van der Waals surface area contributed by atoms with E-state index in [1.807, 2.05) is 0 Å². The SMILES string of the molecule is FB1n2c3ccc2C(c2ccccc2)=c2ccc(n21)=C(c1ccccc1)C1=NC(=C3c2ccccc2)C(C(F)(F)C(F)(F)C(F)(F)C(F)(F)Cl)=C1. The molecule has 14 heteroatoms. The third kappa shape index (κ3) is 4.59. The van der Waals surface area contributed by atoms with Crippen molar-refractivity contribution in [1.29, 1.82) is 0 Å². The Hall–Kier alpha value is -5.17. The molecular formula is C37H20BClF9N3. The lowest BCUT2D eigenvalue weighted by molar-refractivity contribution is -0.337. The van der Waals surface area contributed by atoms with Crippen LogP contribution in [0.3, 0.4) is 0 Å². The second-order valence-electron chi connectivity index (χ2n) is 12.1. The Bertz CT molecular complexity index is 2440. The zero-order chi connectivity index (χ0) is 36.1. The van der Waals surface area contributed by atoms with Crippen LogP contribution in [0.5, 0.6) is 0 Å². The number of alkyl halides is 9. The van der Waals surface area contributed by atoms with Crippen molar-refractivity contribution in [1.82, 2.24) is 8.96 Å². The number of halogens is 10. The van der Waals surface area contributed by atoms with Gasteiger partial charge in [0.05, 0.1) is 17.0 Å². The number of nitrogens with zero attached hydrogens (tertiary/aromatic N) is 3. The van der Waals surface area contributed by atoms with E-state index in [1.54, 1.807) is 72.8 Å². The minimum atomic E-state index is -6.74. The zero-order valence-corrected chi connectivity index (χ0v) is 26.5. The fourth-order valence-electron chi connectivity index (χ4n) is 6.88. The van der Waals surface area contributed by atoms with Gasteiger partial charge in [0.25, 0.3) is 0 Å². The largest absolute Gasteiger partial charge is 0.597 e. The summed E-state index contributed by atoms with van der Waals surface area (Å²) in [6.45, 7) is 0. The second-order valence-corrected chi connectivity index (χ2v) is 12.6. The van der Waals surface area contributed by atoms with Gasteiger partial charge in [0.2, 0.25) is 0 Å². The third-order valence-electron chi connectivity index (χ3n) is 9.22. The Morgan fingerprint density at radius 2 is 0.980 bits per heavy atom. The maximum absolute atomic E-state index is 17.4. The molecule has 3 aliphatic rings. The molecule has 256 valence electrons. The molecule has 0 radical (unpaired) electrons. The van der Waals surface area contributed by atoms with Gasteiger partial charge in [0.1, 0.15) is 0 Å². The fourth-order valence-corrected chi connectivity index (χ4v) is 7.00. The zero-order valence-electron chi connectivity index (χ0n) is 25.7. The summed E-state index contributed by atoms with van der Waals surface area (Å²) in [5.74, 6) is -19.5. The van der Waals surface area contributed by atoms with Crippen LogP contribution >= 0.6 is 11.6 Å². The molecule has 0 atom stereocenters. The lowest BCUT2D eigenvalue weighted by Crippen LogP contribution is -2.61. The van der Waals surface area contributed by atoms with Gasteiger partial charge in [-0.05, 0) is 58.6 Å². The molecule has 3 aliphatic heterocycles. The number of allylic oxidation sites excluding steroid dienone is 2. The Balaban J connectivity index is 1.56. The first kappa shape index (κ1) is 33.0. The Morgan fingerprint density at radius 3 is 1.49 bits per heavy atom. The molecule has 51 heavy (non-hydrogen) atoms. The summed E-state index contributed by atoms with van der Waals surface area (Å²) < 4.78 is 140. The number of aliphatic imine (C=N–C) groups is 1. The quantitative estimate of drug-likeness (QED) is 0.0917. The van der Waals surface area contributed by atoms with Gasteiger partial charge in [-0.15, -0.1) is 0 Å². The molecule has 0 aliphatic carbocycles. The minimum Gasteiger partial charge on any atom is -0.334 e. The van der Waals surface area contributed by atoms with Gasteiger partial charge in [-0.2, -0.15) is 35.1 Å². The molecule has 0 fully saturated rings. The molecule has 5 aromatic rings. The smallest absolute Gasteiger partial charge is 0.334 e. The van der Waals surface area contributed by atoms with E-state index in [1.165, 1.54) is 51.4 Å². The Morgan fingerprint density at radius 1 is 0.529 bits per heavy atom. The lowest BCUT2D eigenvalue weighted by atomic mass is 9.89. The first-order valence-electron chi connectivity index (χ1n) is 15.4. The fraction of sp³-hybridized carbons (Fsp3) is 0.108. The van der Waals surface area contributed by atoms with Crippen LogP contribution in [-0.4, -0.2) is 45.1 Å². The van der Waals surface area contributed by atoms with Crippen LogP contribution in [0.4, 0.5) is 39.4 Å². The van der Waals surface area contributed by atoms with Crippen LogP contribution < -0.4 is 10.7 Å². The normalized spacial score (nSPS) is 16.1. The van der Waals surface area contributed by atoms with Gasteiger partial charge in [-0.1, -0.05) is 91.0 Å². The van der Waals surface area contributed by atoms with Crippen molar-refractivity contribution in [2.24, 2.45) is 4.99 Å². The van der Waals surface area contributed by atoms with Crippen LogP contribution in [0.1, 0.15) is 28.1 Å². The highest BCUT2D eigenvalue weighted by molar-refractivity contribution is 6.49. The van der Waals surface area contributed by atoms with Crippen LogP contribution in [0.15, 0.2) is 138 Å². The van der Waals surface area contributed by atoms with Crippen LogP contribution in [-0.2, 0) is 0 Å². The molecule has 5 heterocycles. The molecule has 0 saturated carbocycles. The van der Waals surface area contributed by atoms with E-state index in [0.717, 1.165) is 0 Å². The van der Waals surface area contributed by atoms with E-state index in [0.29, 0.717) is 22.6 Å². The Kier molecular flexibility index (Phi) is 7.23. The van der Waals surface area contributed by atoms with Crippen molar-refractivity contribution in [3.63, 3.8) is 0 Å². The van der Waals surface area contributed by atoms with Gasteiger partial charge >= 0.3 is 30.4 Å². The number of hydrogen-bond donors (Lipinski definition) is 0. The molecule has 8 rings (SSSR count). The summed E-state index contributed by atoms with van der Waals surface area (Å²) in [5.41, 5.74) is -1.74. The molecule has 0 N–H and O–H groups in total. The summed E-state index contributed by atoms with van der Waals surface area (Å²) in [6, 6.07) is 30.4. The van der Waals surface area contributed by atoms with E-state index in [9.17, 15) is 17.6 Å².